The highest BCUT2D eigenvalue weighted by molar-refractivity contribution is 5.98. The second-order valence-corrected chi connectivity index (χ2v) is 5.41. The minimum Gasteiger partial charge on any atom is -0.462 e. The number of hydrogen-bond donors (Lipinski definition) is 1. The van der Waals surface area contributed by atoms with E-state index >= 15 is 0 Å². The summed E-state index contributed by atoms with van der Waals surface area (Å²) in [4.78, 5) is 28.3. The van der Waals surface area contributed by atoms with Crippen LogP contribution < -0.4 is 5.32 Å². The minimum absolute atomic E-state index is 0. The third-order valence-corrected chi connectivity index (χ3v) is 3.48. The average molecular weight is 379 g/mol. The molecule has 1 aromatic heterocycles. The van der Waals surface area contributed by atoms with Crippen molar-refractivity contribution in [1.29, 1.82) is 0 Å². The van der Waals surface area contributed by atoms with E-state index in [-0.39, 0.29) is 18.4 Å². The van der Waals surface area contributed by atoms with E-state index in [9.17, 15) is 9.59 Å². The van der Waals surface area contributed by atoms with Crippen LogP contribution in [-0.4, -0.2) is 30.1 Å². The summed E-state index contributed by atoms with van der Waals surface area (Å²) in [7, 11) is 0. The fraction of sp³-hybridized carbons (Fsp3) is 0.316. The number of esters is 2. The molecular formula is C19H23ClN2O4. The summed E-state index contributed by atoms with van der Waals surface area (Å²) >= 11 is 0. The number of halogens is 1. The normalized spacial score (nSPS) is 9.85. The molecule has 26 heavy (non-hydrogen) atoms. The van der Waals surface area contributed by atoms with E-state index in [0.717, 1.165) is 11.4 Å². The average Bonchev–Trinajstić information content (AvgIpc) is 2.55. The number of ether oxygens (including phenoxy) is 2. The highest BCUT2D eigenvalue weighted by Gasteiger charge is 2.18. The molecule has 6 nitrogen and oxygen atoms in total. The number of aryl methyl sites for hydroxylation is 2. The molecule has 1 aromatic carbocycles. The van der Waals surface area contributed by atoms with Crippen LogP contribution in [0, 0.1) is 13.8 Å². The monoisotopic (exact) mass is 378 g/mol. The fourth-order valence-corrected chi connectivity index (χ4v) is 2.45. The first-order valence-corrected chi connectivity index (χ1v) is 8.15. The van der Waals surface area contributed by atoms with Gasteiger partial charge in [0.05, 0.1) is 30.2 Å². The number of hydrogen-bond acceptors (Lipinski definition) is 6. The Labute approximate surface area is 159 Å². The van der Waals surface area contributed by atoms with Crippen molar-refractivity contribution in [3.8, 4) is 0 Å². The molecule has 0 aliphatic carbocycles. The van der Waals surface area contributed by atoms with Crippen LogP contribution in [0.2, 0.25) is 0 Å². The number of benzene rings is 1. The van der Waals surface area contributed by atoms with E-state index in [1.165, 1.54) is 0 Å². The van der Waals surface area contributed by atoms with Gasteiger partial charge in [-0.25, -0.2) is 9.59 Å². The van der Waals surface area contributed by atoms with Crippen molar-refractivity contribution in [2.45, 2.75) is 27.7 Å². The number of carbonyl (C=O) groups is 2. The second-order valence-electron chi connectivity index (χ2n) is 5.41. The van der Waals surface area contributed by atoms with Gasteiger partial charge in [-0.15, -0.1) is 12.4 Å². The summed E-state index contributed by atoms with van der Waals surface area (Å²) in [6.07, 6.45) is 0. The van der Waals surface area contributed by atoms with Crippen molar-refractivity contribution < 1.29 is 19.1 Å². The summed E-state index contributed by atoms with van der Waals surface area (Å²) in [5.41, 5.74) is 3.62. The van der Waals surface area contributed by atoms with Gasteiger partial charge in [0.15, 0.2) is 0 Å². The van der Waals surface area contributed by atoms with Crippen molar-refractivity contribution in [2.24, 2.45) is 0 Å². The Kier molecular flexibility index (Phi) is 8.06. The van der Waals surface area contributed by atoms with Crippen LogP contribution in [0.25, 0.3) is 0 Å². The lowest BCUT2D eigenvalue weighted by Crippen LogP contribution is -2.12. The van der Waals surface area contributed by atoms with Gasteiger partial charge in [0.2, 0.25) is 0 Å². The van der Waals surface area contributed by atoms with Crippen LogP contribution >= 0.6 is 12.4 Å². The van der Waals surface area contributed by atoms with Crippen molar-refractivity contribution in [1.82, 2.24) is 4.98 Å². The number of anilines is 2. The maximum Gasteiger partial charge on any atom is 0.342 e. The van der Waals surface area contributed by atoms with Crippen LogP contribution in [0.1, 0.15) is 46.0 Å². The van der Waals surface area contributed by atoms with Gasteiger partial charge in [0, 0.05) is 11.4 Å². The summed E-state index contributed by atoms with van der Waals surface area (Å²) in [5, 5.41) is 3.20. The molecule has 0 spiro atoms. The maximum absolute atomic E-state index is 12.2. The molecule has 7 heteroatoms. The van der Waals surface area contributed by atoms with Crippen LogP contribution in [0.5, 0.6) is 0 Å². The lowest BCUT2D eigenvalue weighted by molar-refractivity contribution is 0.0516. The molecule has 0 amide bonds. The molecule has 0 saturated heterocycles. The molecule has 0 radical (unpaired) electrons. The Morgan fingerprint density at radius 2 is 1.58 bits per heavy atom. The molecule has 1 N–H and O–H groups in total. The zero-order valence-electron chi connectivity index (χ0n) is 15.3. The first-order valence-electron chi connectivity index (χ1n) is 8.15. The maximum atomic E-state index is 12.2. The Hall–Kier alpha value is -2.60. The van der Waals surface area contributed by atoms with Gasteiger partial charge in [-0.3, -0.25) is 4.98 Å². The third-order valence-electron chi connectivity index (χ3n) is 3.48. The third kappa shape index (κ3) is 5.20. The van der Waals surface area contributed by atoms with Gasteiger partial charge in [0.25, 0.3) is 0 Å². The van der Waals surface area contributed by atoms with Crippen molar-refractivity contribution >= 4 is 35.7 Å². The van der Waals surface area contributed by atoms with Gasteiger partial charge >= 0.3 is 11.9 Å². The molecule has 1 heterocycles. The molecule has 0 atom stereocenters. The predicted molar refractivity (Wildman–Crippen MR) is 103 cm³/mol. The molecule has 140 valence electrons. The van der Waals surface area contributed by atoms with E-state index in [0.29, 0.717) is 35.7 Å². The Morgan fingerprint density at radius 3 is 2.15 bits per heavy atom. The van der Waals surface area contributed by atoms with Gasteiger partial charge < -0.3 is 14.8 Å². The van der Waals surface area contributed by atoms with Crippen LogP contribution in [-0.2, 0) is 9.47 Å². The van der Waals surface area contributed by atoms with Gasteiger partial charge in [-0.05, 0) is 58.0 Å². The van der Waals surface area contributed by atoms with Crippen LogP contribution in [0.4, 0.5) is 11.4 Å². The molecule has 0 aliphatic heterocycles. The summed E-state index contributed by atoms with van der Waals surface area (Å²) in [6, 6.07) is 8.65. The number of carbonyl (C=O) groups excluding carboxylic acids is 2. The number of aromatic nitrogens is 1. The topological polar surface area (TPSA) is 77.5 Å². The van der Waals surface area contributed by atoms with Crippen LogP contribution in [0.15, 0.2) is 30.3 Å². The molecule has 2 aromatic rings. The van der Waals surface area contributed by atoms with E-state index in [1.807, 2.05) is 6.92 Å². The van der Waals surface area contributed by atoms with Crippen LogP contribution in [0.3, 0.4) is 0 Å². The molecule has 2 rings (SSSR count). The Balaban J connectivity index is 0.00000338. The summed E-state index contributed by atoms with van der Waals surface area (Å²) in [5.74, 6) is -0.782. The second kappa shape index (κ2) is 9.77. The largest absolute Gasteiger partial charge is 0.462 e. The summed E-state index contributed by atoms with van der Waals surface area (Å²) in [6.45, 7) is 7.78. The zero-order chi connectivity index (χ0) is 18.4. The van der Waals surface area contributed by atoms with Crippen molar-refractivity contribution in [3.63, 3.8) is 0 Å². The molecular weight excluding hydrogens is 356 g/mol. The van der Waals surface area contributed by atoms with E-state index in [4.69, 9.17) is 9.47 Å². The van der Waals surface area contributed by atoms with Gasteiger partial charge in [-0.1, -0.05) is 0 Å². The minimum atomic E-state index is -0.418. The fourth-order valence-electron chi connectivity index (χ4n) is 2.45. The van der Waals surface area contributed by atoms with Gasteiger partial charge in [0.1, 0.15) is 5.56 Å². The predicted octanol–water partition coefficient (Wildman–Crippen LogP) is 4.22. The quantitative estimate of drug-likeness (QED) is 0.758. The SMILES string of the molecule is CCOC(=O)c1ccc(Nc2cc(C)nc(C)c2C(=O)OCC)cc1.Cl. The van der Waals surface area contributed by atoms with E-state index < -0.39 is 5.97 Å². The highest BCUT2D eigenvalue weighted by atomic mass is 35.5. The van der Waals surface area contributed by atoms with Crippen molar-refractivity contribution in [3.05, 3.63) is 52.8 Å². The molecule has 0 saturated carbocycles. The Bertz CT molecular complexity index is 776. The number of nitrogens with zero attached hydrogens (tertiary/aromatic N) is 1. The smallest absolute Gasteiger partial charge is 0.342 e. The lowest BCUT2D eigenvalue weighted by Gasteiger charge is -2.14. The Morgan fingerprint density at radius 1 is 1.00 bits per heavy atom. The lowest BCUT2D eigenvalue weighted by atomic mass is 10.1. The molecule has 0 aliphatic rings. The first kappa shape index (κ1) is 21.4. The first-order chi connectivity index (χ1) is 12.0. The highest BCUT2D eigenvalue weighted by Crippen LogP contribution is 2.25. The molecule has 0 bridgehead atoms. The standard InChI is InChI=1S/C19H22N2O4.ClH/c1-5-24-18(22)14-7-9-15(10-8-14)21-16-11-12(3)20-13(4)17(16)19(23)25-6-2;/h7-11H,5-6H2,1-4H3,(H,20,21);1H. The van der Waals surface area contributed by atoms with Crippen molar-refractivity contribution in [2.75, 3.05) is 18.5 Å². The van der Waals surface area contributed by atoms with Gasteiger partial charge in [-0.2, -0.15) is 0 Å². The number of pyridine rings is 1. The van der Waals surface area contributed by atoms with E-state index in [2.05, 4.69) is 10.3 Å². The molecule has 0 unspecified atom stereocenters. The number of nitrogens with one attached hydrogen (secondary N) is 1. The van der Waals surface area contributed by atoms with E-state index in [1.54, 1.807) is 51.1 Å². The summed E-state index contributed by atoms with van der Waals surface area (Å²) < 4.78 is 10.1. The zero-order valence-corrected chi connectivity index (χ0v) is 16.1. The number of rotatable bonds is 6. The molecule has 0 fully saturated rings.